The number of aliphatic carboxylic acids is 1. The fraction of sp³-hybridized carbons (Fsp3) is 0.154. The molecule has 0 bridgehead atoms. The Morgan fingerprint density at radius 2 is 1.26 bits per heavy atom. The summed E-state index contributed by atoms with van der Waals surface area (Å²) >= 11 is 5.86. The van der Waals surface area contributed by atoms with Gasteiger partial charge in [0.2, 0.25) is 12.2 Å². The van der Waals surface area contributed by atoms with Crippen molar-refractivity contribution in [2.45, 2.75) is 26.1 Å². The fourth-order valence-electron chi connectivity index (χ4n) is 3.15. The van der Waals surface area contributed by atoms with Crippen LogP contribution < -0.4 is 5.32 Å². The normalized spacial score (nSPS) is 12.2. The summed E-state index contributed by atoms with van der Waals surface area (Å²) in [6.45, 7) is 3.50. The smallest absolute Gasteiger partial charge is 0.349 e. The number of anilines is 1. The Morgan fingerprint density at radius 1 is 0.771 bits per heavy atom. The molecule has 0 fully saturated rings. The van der Waals surface area contributed by atoms with Gasteiger partial charge in [-0.05, 0) is 62.4 Å². The van der Waals surface area contributed by atoms with Gasteiger partial charge in [0.15, 0.2) is 0 Å². The fourth-order valence-corrected chi connectivity index (χ4v) is 3.28. The summed E-state index contributed by atoms with van der Waals surface area (Å²) < 4.78 is 10.5. The highest BCUT2D eigenvalue weighted by Gasteiger charge is 2.41. The first kappa shape index (κ1) is 25.5. The summed E-state index contributed by atoms with van der Waals surface area (Å²) in [7, 11) is 0. The number of carboxylic acid groups (broad SMARTS) is 1. The standard InChI is InChI=1S/C26H22ClNO7/c1-15-5-3-7-17(13-15)25(32)34-21(23(29)28-20-11-9-19(27)10-12-20)22(24(30)31)35-26(33)18-8-4-6-16(2)14-18/h3-14,21-22H,1-2H3,(H,28,29)(H,30,31)/t21-,22-/m0/s1. The Balaban J connectivity index is 1.91. The zero-order valence-electron chi connectivity index (χ0n) is 18.9. The van der Waals surface area contributed by atoms with E-state index in [1.54, 1.807) is 38.1 Å². The Kier molecular flexibility index (Phi) is 8.22. The third-order valence-electron chi connectivity index (χ3n) is 4.86. The van der Waals surface area contributed by atoms with Gasteiger partial charge in [0, 0.05) is 10.7 Å². The van der Waals surface area contributed by atoms with Gasteiger partial charge in [0.1, 0.15) is 0 Å². The third-order valence-corrected chi connectivity index (χ3v) is 5.12. The Labute approximate surface area is 206 Å². The summed E-state index contributed by atoms with van der Waals surface area (Å²) in [6, 6.07) is 18.6. The van der Waals surface area contributed by atoms with Gasteiger partial charge in [-0.3, -0.25) is 4.79 Å². The van der Waals surface area contributed by atoms with E-state index in [4.69, 9.17) is 21.1 Å². The molecule has 3 aromatic carbocycles. The van der Waals surface area contributed by atoms with E-state index in [1.807, 2.05) is 0 Å². The quantitative estimate of drug-likeness (QED) is 0.443. The topological polar surface area (TPSA) is 119 Å². The van der Waals surface area contributed by atoms with E-state index in [0.717, 1.165) is 11.1 Å². The van der Waals surface area contributed by atoms with E-state index in [9.17, 15) is 24.3 Å². The number of halogens is 1. The Bertz CT molecular complexity index is 1260. The van der Waals surface area contributed by atoms with E-state index >= 15 is 0 Å². The van der Waals surface area contributed by atoms with Crippen molar-refractivity contribution in [3.05, 3.63) is 100 Å². The van der Waals surface area contributed by atoms with Crippen molar-refractivity contribution in [2.24, 2.45) is 0 Å². The largest absolute Gasteiger partial charge is 0.478 e. The number of benzene rings is 3. The maximum atomic E-state index is 13.1. The van der Waals surface area contributed by atoms with Crippen molar-refractivity contribution in [1.29, 1.82) is 0 Å². The van der Waals surface area contributed by atoms with Crippen molar-refractivity contribution in [3.8, 4) is 0 Å². The number of esters is 2. The number of rotatable bonds is 8. The Hall–Kier alpha value is -4.17. The van der Waals surface area contributed by atoms with Crippen LogP contribution in [-0.2, 0) is 19.1 Å². The van der Waals surface area contributed by atoms with Crippen LogP contribution in [0.1, 0.15) is 31.8 Å². The van der Waals surface area contributed by atoms with Crippen LogP contribution in [0.25, 0.3) is 0 Å². The first-order valence-electron chi connectivity index (χ1n) is 10.5. The molecule has 0 radical (unpaired) electrons. The maximum Gasteiger partial charge on any atom is 0.349 e. The van der Waals surface area contributed by atoms with Crippen molar-refractivity contribution >= 4 is 41.1 Å². The zero-order valence-corrected chi connectivity index (χ0v) is 19.6. The number of amides is 1. The number of nitrogens with one attached hydrogen (secondary N) is 1. The summed E-state index contributed by atoms with van der Waals surface area (Å²) in [6.07, 6.45) is -4.12. The van der Waals surface area contributed by atoms with Crippen LogP contribution in [0, 0.1) is 13.8 Å². The molecule has 0 unspecified atom stereocenters. The van der Waals surface area contributed by atoms with Crippen LogP contribution in [0.15, 0.2) is 72.8 Å². The second-order valence-electron chi connectivity index (χ2n) is 7.73. The molecule has 0 aliphatic rings. The molecule has 35 heavy (non-hydrogen) atoms. The average Bonchev–Trinajstić information content (AvgIpc) is 2.82. The molecule has 0 aliphatic carbocycles. The van der Waals surface area contributed by atoms with Gasteiger partial charge in [-0.1, -0.05) is 47.0 Å². The molecule has 2 atom stereocenters. The lowest BCUT2D eigenvalue weighted by Gasteiger charge is -2.23. The van der Waals surface area contributed by atoms with Crippen molar-refractivity contribution in [1.82, 2.24) is 0 Å². The van der Waals surface area contributed by atoms with Crippen LogP contribution >= 0.6 is 11.6 Å². The summed E-state index contributed by atoms with van der Waals surface area (Å²) in [5, 5.41) is 12.7. The van der Waals surface area contributed by atoms with E-state index in [0.29, 0.717) is 5.02 Å². The second-order valence-corrected chi connectivity index (χ2v) is 8.16. The summed E-state index contributed by atoms with van der Waals surface area (Å²) in [4.78, 5) is 50.6. The lowest BCUT2D eigenvalue weighted by atomic mass is 10.1. The predicted octanol–water partition coefficient (Wildman–Crippen LogP) is 4.43. The first-order chi connectivity index (χ1) is 16.6. The Morgan fingerprint density at radius 3 is 1.71 bits per heavy atom. The molecule has 0 aromatic heterocycles. The highest BCUT2D eigenvalue weighted by molar-refractivity contribution is 6.30. The number of hydrogen-bond donors (Lipinski definition) is 2. The van der Waals surface area contributed by atoms with Crippen molar-refractivity contribution < 1.29 is 33.8 Å². The molecule has 3 rings (SSSR count). The monoisotopic (exact) mass is 495 g/mol. The molecule has 1 amide bonds. The SMILES string of the molecule is Cc1cccc(C(=O)O[C@H](C(=O)O)[C@H](OC(=O)c2cccc(C)c2)C(=O)Nc2ccc(Cl)cc2)c1. The van der Waals surface area contributed by atoms with Gasteiger partial charge in [-0.25, -0.2) is 14.4 Å². The number of carbonyl (C=O) groups excluding carboxylic acids is 3. The molecule has 3 aromatic rings. The molecule has 2 N–H and O–H groups in total. The van der Waals surface area contributed by atoms with Gasteiger partial charge in [-0.2, -0.15) is 0 Å². The van der Waals surface area contributed by atoms with Gasteiger partial charge in [0.05, 0.1) is 11.1 Å². The van der Waals surface area contributed by atoms with Crippen molar-refractivity contribution in [2.75, 3.05) is 5.32 Å². The van der Waals surface area contributed by atoms with E-state index in [-0.39, 0.29) is 16.8 Å². The summed E-state index contributed by atoms with van der Waals surface area (Å²) in [5.41, 5.74) is 1.95. The van der Waals surface area contributed by atoms with Crippen LogP contribution in [0.3, 0.4) is 0 Å². The second kappa shape index (κ2) is 11.3. The average molecular weight is 496 g/mol. The molecular formula is C26H22ClNO7. The predicted molar refractivity (Wildman–Crippen MR) is 128 cm³/mol. The molecule has 0 heterocycles. The number of ether oxygens (including phenoxy) is 2. The van der Waals surface area contributed by atoms with Crippen LogP contribution in [0.2, 0.25) is 5.02 Å². The minimum absolute atomic E-state index is 0.0816. The van der Waals surface area contributed by atoms with Crippen LogP contribution in [-0.4, -0.2) is 41.1 Å². The highest BCUT2D eigenvalue weighted by atomic mass is 35.5. The lowest BCUT2D eigenvalue weighted by Crippen LogP contribution is -2.48. The van der Waals surface area contributed by atoms with Gasteiger partial charge in [0.25, 0.3) is 5.91 Å². The van der Waals surface area contributed by atoms with Gasteiger partial charge < -0.3 is 19.9 Å². The molecular weight excluding hydrogens is 474 g/mol. The number of carbonyl (C=O) groups is 4. The molecule has 9 heteroatoms. The lowest BCUT2D eigenvalue weighted by molar-refractivity contribution is -0.157. The summed E-state index contributed by atoms with van der Waals surface area (Å²) in [5.74, 6) is -4.61. The minimum atomic E-state index is -2.12. The van der Waals surface area contributed by atoms with Gasteiger partial charge in [-0.15, -0.1) is 0 Å². The molecule has 0 aliphatic heterocycles. The minimum Gasteiger partial charge on any atom is -0.478 e. The van der Waals surface area contributed by atoms with E-state index in [2.05, 4.69) is 5.32 Å². The third kappa shape index (κ3) is 6.91. The number of carboxylic acids is 1. The number of aryl methyl sites for hydroxylation is 2. The number of hydrogen-bond acceptors (Lipinski definition) is 6. The molecule has 180 valence electrons. The van der Waals surface area contributed by atoms with E-state index in [1.165, 1.54) is 48.5 Å². The van der Waals surface area contributed by atoms with Crippen LogP contribution in [0.5, 0.6) is 0 Å². The maximum absolute atomic E-state index is 13.1. The molecule has 0 saturated heterocycles. The van der Waals surface area contributed by atoms with Crippen molar-refractivity contribution in [3.63, 3.8) is 0 Å². The molecule has 8 nitrogen and oxygen atoms in total. The molecule has 0 spiro atoms. The first-order valence-corrected chi connectivity index (χ1v) is 10.9. The zero-order chi connectivity index (χ0) is 25.5. The van der Waals surface area contributed by atoms with Gasteiger partial charge >= 0.3 is 17.9 Å². The van der Waals surface area contributed by atoms with E-state index < -0.39 is 36.0 Å². The molecule has 0 saturated carbocycles. The highest BCUT2D eigenvalue weighted by Crippen LogP contribution is 2.18. The van der Waals surface area contributed by atoms with Crippen LogP contribution in [0.4, 0.5) is 5.69 Å².